The second-order valence-electron chi connectivity index (χ2n) is 9.01. The largest absolute Gasteiger partial charge is 0.381 e. The van der Waals surface area contributed by atoms with Gasteiger partial charge < -0.3 is 19.5 Å². The summed E-state index contributed by atoms with van der Waals surface area (Å²) >= 11 is 0. The minimum atomic E-state index is -0.377. The summed E-state index contributed by atoms with van der Waals surface area (Å²) < 4.78 is 18.6. The van der Waals surface area contributed by atoms with Gasteiger partial charge in [0, 0.05) is 43.7 Å². The van der Waals surface area contributed by atoms with Crippen LogP contribution in [0.4, 0.5) is 4.39 Å². The number of rotatable bonds is 3. The summed E-state index contributed by atoms with van der Waals surface area (Å²) in [5.74, 6) is 0.485. The van der Waals surface area contributed by atoms with Crippen LogP contribution >= 0.6 is 0 Å². The van der Waals surface area contributed by atoms with Gasteiger partial charge in [-0.2, -0.15) is 0 Å². The molecule has 7 nitrogen and oxygen atoms in total. The Morgan fingerprint density at radius 1 is 1.06 bits per heavy atom. The number of carbonyl (C=O) groups excluding carboxylic acids is 1. The van der Waals surface area contributed by atoms with Crippen molar-refractivity contribution in [3.63, 3.8) is 0 Å². The van der Waals surface area contributed by atoms with Gasteiger partial charge in [0.15, 0.2) is 0 Å². The van der Waals surface area contributed by atoms with Crippen molar-refractivity contribution in [2.24, 2.45) is 0 Å². The van der Waals surface area contributed by atoms with E-state index in [0.29, 0.717) is 30.1 Å². The van der Waals surface area contributed by atoms with Gasteiger partial charge in [0.25, 0.3) is 11.5 Å². The summed E-state index contributed by atoms with van der Waals surface area (Å²) in [5.41, 5.74) is 1.65. The number of nitrogens with one attached hydrogen (secondary N) is 1. The Hall–Kier alpha value is -2.58. The van der Waals surface area contributed by atoms with Gasteiger partial charge >= 0.3 is 0 Å². The zero-order valence-corrected chi connectivity index (χ0v) is 18.2. The van der Waals surface area contributed by atoms with Crippen molar-refractivity contribution in [2.45, 2.75) is 50.6 Å². The first kappa shape index (κ1) is 21.3. The molecule has 3 aliphatic heterocycles. The van der Waals surface area contributed by atoms with Crippen molar-refractivity contribution in [3.05, 3.63) is 63.1 Å². The highest BCUT2D eigenvalue weighted by Gasteiger charge is 2.30. The maximum atomic E-state index is 13.2. The molecule has 0 aliphatic carbocycles. The average Bonchev–Trinajstić information content (AvgIpc) is 2.84. The Kier molecular flexibility index (Phi) is 6.06. The first-order valence-electron chi connectivity index (χ1n) is 11.6. The zero-order valence-electron chi connectivity index (χ0n) is 18.2. The van der Waals surface area contributed by atoms with Crippen LogP contribution < -0.4 is 5.56 Å². The van der Waals surface area contributed by atoms with E-state index < -0.39 is 0 Å². The summed E-state index contributed by atoms with van der Waals surface area (Å²) in [6, 6.07) is 6.12. The molecule has 0 unspecified atom stereocenters. The number of benzene rings is 1. The lowest BCUT2D eigenvalue weighted by Gasteiger charge is -2.39. The number of likely N-dealkylation sites (tertiary alicyclic amines) is 1. The molecule has 2 aromatic rings. The van der Waals surface area contributed by atoms with E-state index in [0.717, 1.165) is 63.5 Å². The average molecular weight is 441 g/mol. The maximum absolute atomic E-state index is 13.2. The van der Waals surface area contributed by atoms with Gasteiger partial charge in [-0.15, -0.1) is 0 Å². The van der Waals surface area contributed by atoms with Crippen LogP contribution in [-0.2, 0) is 17.7 Å². The second kappa shape index (κ2) is 9.11. The fraction of sp³-hybridized carbons (Fsp3) is 0.542. The molecule has 8 heteroatoms. The Balaban J connectivity index is 1.26. The molecule has 0 saturated carbocycles. The molecular formula is C24H29FN4O3. The summed E-state index contributed by atoms with van der Waals surface area (Å²) in [4.78, 5) is 37.7. The Morgan fingerprint density at radius 2 is 1.78 bits per heavy atom. The molecule has 1 aromatic carbocycles. The van der Waals surface area contributed by atoms with Crippen molar-refractivity contribution in [1.29, 1.82) is 0 Å². The van der Waals surface area contributed by atoms with E-state index in [4.69, 9.17) is 9.72 Å². The molecule has 32 heavy (non-hydrogen) atoms. The lowest BCUT2D eigenvalue weighted by Crippen LogP contribution is -2.44. The third-order valence-electron chi connectivity index (χ3n) is 7.09. The minimum Gasteiger partial charge on any atom is -0.381 e. The Labute approximate surface area is 186 Å². The molecule has 0 radical (unpaired) electrons. The van der Waals surface area contributed by atoms with E-state index in [1.165, 1.54) is 24.3 Å². The van der Waals surface area contributed by atoms with Crippen LogP contribution in [0.1, 0.15) is 59.0 Å². The number of piperidine rings is 1. The standard InChI is InChI=1S/C24H29FN4O3/c25-18-3-1-17(2-4-18)24(31)29-12-7-21-20(15-29)23(30)27-22(26-21)16-5-10-28(11-6-16)19-8-13-32-14-9-19/h1-4,16,19H,5-15H2,(H,26,27,30). The molecule has 1 N–H and O–H groups in total. The van der Waals surface area contributed by atoms with Crippen LogP contribution in [0.25, 0.3) is 0 Å². The monoisotopic (exact) mass is 440 g/mol. The fourth-order valence-electron chi connectivity index (χ4n) is 5.17. The Bertz CT molecular complexity index is 1020. The molecule has 3 aliphatic rings. The number of fused-ring (bicyclic) bond motifs is 1. The van der Waals surface area contributed by atoms with Crippen LogP contribution in [0, 0.1) is 5.82 Å². The predicted molar refractivity (Wildman–Crippen MR) is 117 cm³/mol. The van der Waals surface area contributed by atoms with Gasteiger partial charge in [-0.05, 0) is 63.0 Å². The first-order chi connectivity index (χ1) is 15.6. The molecule has 2 fully saturated rings. The molecule has 0 bridgehead atoms. The highest BCUT2D eigenvalue weighted by Crippen LogP contribution is 2.29. The summed E-state index contributed by atoms with van der Waals surface area (Å²) in [5, 5.41) is 0. The number of amides is 1. The molecular weight excluding hydrogens is 411 g/mol. The Morgan fingerprint density at radius 3 is 2.50 bits per heavy atom. The number of hydrogen-bond acceptors (Lipinski definition) is 5. The highest BCUT2D eigenvalue weighted by atomic mass is 19.1. The van der Waals surface area contributed by atoms with Gasteiger partial charge in [-0.25, -0.2) is 9.37 Å². The number of aromatic nitrogens is 2. The van der Waals surface area contributed by atoms with Gasteiger partial charge in [-0.1, -0.05) is 0 Å². The van der Waals surface area contributed by atoms with E-state index >= 15 is 0 Å². The van der Waals surface area contributed by atoms with Crippen LogP contribution in [0.2, 0.25) is 0 Å². The quantitative estimate of drug-likeness (QED) is 0.793. The van der Waals surface area contributed by atoms with Crippen LogP contribution in [0.5, 0.6) is 0 Å². The predicted octanol–water partition coefficient (Wildman–Crippen LogP) is 2.47. The molecule has 0 atom stereocenters. The van der Waals surface area contributed by atoms with Crippen molar-refractivity contribution in [3.8, 4) is 0 Å². The van der Waals surface area contributed by atoms with Gasteiger partial charge in [0.2, 0.25) is 0 Å². The number of aromatic amines is 1. The smallest absolute Gasteiger partial charge is 0.256 e. The van der Waals surface area contributed by atoms with Gasteiger partial charge in [0.05, 0.1) is 17.8 Å². The third-order valence-corrected chi connectivity index (χ3v) is 7.09. The van der Waals surface area contributed by atoms with E-state index in [1.54, 1.807) is 4.90 Å². The molecule has 1 amide bonds. The summed E-state index contributed by atoms with van der Waals surface area (Å²) in [7, 11) is 0. The van der Waals surface area contributed by atoms with E-state index in [9.17, 15) is 14.0 Å². The zero-order chi connectivity index (χ0) is 22.1. The lowest BCUT2D eigenvalue weighted by atomic mass is 9.93. The van der Waals surface area contributed by atoms with Crippen LogP contribution in [-0.4, -0.2) is 64.6 Å². The van der Waals surface area contributed by atoms with Crippen molar-refractivity contribution >= 4 is 5.91 Å². The van der Waals surface area contributed by atoms with Crippen molar-refractivity contribution < 1.29 is 13.9 Å². The molecule has 5 rings (SSSR count). The van der Waals surface area contributed by atoms with E-state index in [-0.39, 0.29) is 29.7 Å². The van der Waals surface area contributed by atoms with Crippen LogP contribution in [0.15, 0.2) is 29.1 Å². The fourth-order valence-corrected chi connectivity index (χ4v) is 5.17. The number of ether oxygens (including phenoxy) is 1. The number of halogens is 1. The van der Waals surface area contributed by atoms with Crippen molar-refractivity contribution in [2.75, 3.05) is 32.8 Å². The second-order valence-corrected chi connectivity index (χ2v) is 9.01. The molecule has 170 valence electrons. The summed E-state index contributed by atoms with van der Waals surface area (Å²) in [6.07, 6.45) is 4.75. The number of hydrogen-bond donors (Lipinski definition) is 1. The van der Waals surface area contributed by atoms with Crippen molar-refractivity contribution in [1.82, 2.24) is 19.8 Å². The highest BCUT2D eigenvalue weighted by molar-refractivity contribution is 5.94. The first-order valence-corrected chi connectivity index (χ1v) is 11.6. The summed E-state index contributed by atoms with van der Waals surface area (Å²) in [6.45, 7) is 4.49. The van der Waals surface area contributed by atoms with E-state index in [2.05, 4.69) is 9.88 Å². The van der Waals surface area contributed by atoms with Gasteiger partial charge in [-0.3, -0.25) is 9.59 Å². The molecule has 2 saturated heterocycles. The van der Waals surface area contributed by atoms with E-state index in [1.807, 2.05) is 0 Å². The molecule has 0 spiro atoms. The number of nitrogens with zero attached hydrogens (tertiary/aromatic N) is 3. The lowest BCUT2D eigenvalue weighted by molar-refractivity contribution is 0.0248. The third kappa shape index (κ3) is 4.34. The molecule has 4 heterocycles. The number of H-pyrrole nitrogens is 1. The molecule has 1 aromatic heterocycles. The minimum absolute atomic E-state index is 0.145. The topological polar surface area (TPSA) is 78.5 Å². The van der Waals surface area contributed by atoms with Crippen LogP contribution in [0.3, 0.4) is 0 Å². The number of carbonyl (C=O) groups is 1. The normalized spacial score (nSPS) is 20.8. The van der Waals surface area contributed by atoms with Gasteiger partial charge in [0.1, 0.15) is 11.6 Å². The maximum Gasteiger partial charge on any atom is 0.256 e. The SMILES string of the molecule is O=C(c1ccc(F)cc1)N1CCc2nc(C3CCN(C4CCOCC4)CC3)[nH]c(=O)c2C1.